The summed E-state index contributed by atoms with van der Waals surface area (Å²) >= 11 is 0. The van der Waals surface area contributed by atoms with E-state index in [1.54, 1.807) is 6.92 Å². The number of hydrogen-bond acceptors (Lipinski definition) is 1. The third kappa shape index (κ3) is 45.1. The van der Waals surface area contributed by atoms with Crippen LogP contribution in [0.4, 0.5) is 0 Å². The molecule has 5 heteroatoms. The summed E-state index contributed by atoms with van der Waals surface area (Å²) in [4.78, 5) is 0. The Morgan fingerprint density at radius 3 is 1.13 bits per heavy atom. The van der Waals surface area contributed by atoms with E-state index in [-0.39, 0.29) is 53.1 Å². The zero-order valence-electron chi connectivity index (χ0n) is 15.8. The van der Waals surface area contributed by atoms with E-state index >= 15 is 0 Å². The van der Waals surface area contributed by atoms with Gasteiger partial charge in [0.2, 0.25) is 0 Å². The zero-order valence-corrected chi connectivity index (χ0v) is 19.0. The summed E-state index contributed by atoms with van der Waals surface area (Å²) in [6.07, 6.45) is 16.6. The van der Waals surface area contributed by atoms with Crippen molar-refractivity contribution >= 4 is 24.8 Å². The fourth-order valence-electron chi connectivity index (χ4n) is 2.12. The molecule has 0 unspecified atom stereocenters. The first-order valence-electron chi connectivity index (χ1n) is 9.07. The maximum absolute atomic E-state index is 7.57. The Morgan fingerprint density at radius 2 is 0.826 bits per heavy atom. The molecule has 0 aromatic rings. The molecule has 0 aromatic carbocycles. The quantitative estimate of drug-likeness (QED) is 0.246. The second-order valence-electron chi connectivity index (χ2n) is 5.52. The number of halogens is 2. The second kappa shape index (κ2) is 38.7. The maximum atomic E-state index is 7.57. The van der Waals surface area contributed by atoms with Gasteiger partial charge in [-0.25, -0.2) is 0 Å². The van der Waals surface area contributed by atoms with Crippen LogP contribution >= 0.6 is 24.8 Å². The van der Waals surface area contributed by atoms with E-state index in [1.165, 1.54) is 77.0 Å². The van der Waals surface area contributed by atoms with Crippen LogP contribution in [0.25, 0.3) is 5.32 Å². The molecule has 0 bridgehead atoms. The predicted octanol–water partition coefficient (Wildman–Crippen LogP) is 6.92. The second-order valence-corrected chi connectivity index (χ2v) is 5.52. The number of rotatable bonds is 14. The molecule has 0 spiro atoms. The Bertz CT molecular complexity index is 141. The van der Waals surface area contributed by atoms with Crippen LogP contribution in [0.3, 0.4) is 0 Å². The van der Waals surface area contributed by atoms with Gasteiger partial charge in [-0.2, -0.15) is 0 Å². The average Bonchev–Trinajstić information content (AvgIpc) is 2.45. The van der Waals surface area contributed by atoms with Gasteiger partial charge in [-0.05, 0) is 6.92 Å². The number of nitrogens with zero attached hydrogens (tertiary/aromatic N) is 1. The summed E-state index contributed by atoms with van der Waals surface area (Å²) in [7, 11) is 0. The molecule has 0 aliphatic rings. The molecule has 0 heterocycles. The molecule has 0 aliphatic carbocycles. The van der Waals surface area contributed by atoms with Crippen LogP contribution in [-0.4, -0.2) is 24.8 Å². The number of unbranched alkanes of at least 4 members (excludes halogenated alkanes) is 10. The fraction of sp³-hybridized carbons (Fsp3) is 1.00. The van der Waals surface area contributed by atoms with Crippen molar-refractivity contribution in [3.63, 3.8) is 0 Å². The Labute approximate surface area is 174 Å². The van der Waals surface area contributed by atoms with Crippen LogP contribution in [0, 0.1) is 0 Å². The van der Waals surface area contributed by atoms with Gasteiger partial charge in [0.15, 0.2) is 0 Å². The summed E-state index contributed by atoms with van der Waals surface area (Å²) in [5.41, 5.74) is 0. The van der Waals surface area contributed by atoms with Gasteiger partial charge in [0, 0.05) is 28.3 Å². The molecule has 0 rings (SSSR count). The molecule has 0 saturated heterocycles. The summed E-state index contributed by atoms with van der Waals surface area (Å²) in [5.74, 6) is 0. The molecule has 0 aliphatic heterocycles. The maximum Gasteiger partial charge on any atom is 0.0402 e. The number of aliphatic hydroxyl groups excluding tert-OH is 1. The van der Waals surface area contributed by atoms with Gasteiger partial charge in [0.05, 0.1) is 0 Å². The van der Waals surface area contributed by atoms with Crippen molar-refractivity contribution < 1.29 is 26.8 Å². The Morgan fingerprint density at radius 1 is 0.565 bits per heavy atom. The van der Waals surface area contributed by atoms with Crippen molar-refractivity contribution in [1.29, 1.82) is 0 Å². The normalized spacial score (nSPS) is 8.87. The van der Waals surface area contributed by atoms with Crippen LogP contribution in [0.5, 0.6) is 0 Å². The van der Waals surface area contributed by atoms with Gasteiger partial charge in [0.1, 0.15) is 0 Å². The third-order valence-electron chi connectivity index (χ3n) is 3.34. The van der Waals surface area contributed by atoms with E-state index in [2.05, 4.69) is 19.2 Å². The molecule has 0 amide bonds. The van der Waals surface area contributed by atoms with Crippen LogP contribution in [-0.2, 0) is 21.7 Å². The van der Waals surface area contributed by atoms with E-state index < -0.39 is 0 Å². The van der Waals surface area contributed by atoms with Crippen molar-refractivity contribution in [3.05, 3.63) is 5.32 Å². The van der Waals surface area contributed by atoms with Crippen LogP contribution < -0.4 is 0 Å². The van der Waals surface area contributed by atoms with Gasteiger partial charge in [-0.15, -0.1) is 37.9 Å². The van der Waals surface area contributed by atoms with Gasteiger partial charge < -0.3 is 10.4 Å². The van der Waals surface area contributed by atoms with Gasteiger partial charge in [0.25, 0.3) is 0 Å². The Balaban J connectivity index is -0.000000166. The van der Waals surface area contributed by atoms with Crippen molar-refractivity contribution in [2.45, 2.75) is 97.8 Å². The van der Waals surface area contributed by atoms with Gasteiger partial charge in [-0.1, -0.05) is 90.9 Å². The summed E-state index contributed by atoms with van der Waals surface area (Å²) in [6, 6.07) is 0. The molecule has 23 heavy (non-hydrogen) atoms. The smallest absolute Gasteiger partial charge is 0.0402 e. The van der Waals surface area contributed by atoms with Crippen LogP contribution in [0.15, 0.2) is 0 Å². The summed E-state index contributed by atoms with van der Waals surface area (Å²) in [5, 5.41) is 12.2. The number of aliphatic hydroxyl groups is 1. The standard InChI is InChI=1S/C16H34N.C2H6O.2ClH.Ti/c1-3-5-7-9-11-13-15-17-16-14-12-10-8-6-4-2;1-2-3;;;/h3-16H2,1-2H3;3H,2H2,1H3;2*1H;/q-1;;;;. The van der Waals surface area contributed by atoms with Gasteiger partial charge >= 0.3 is 0 Å². The molecule has 0 fully saturated rings. The number of hydrogen-bond donors (Lipinski definition) is 1. The SMILES string of the molecule is CCCCCCCC[N-]CCCCCCCC.CCO.Cl.Cl.[Ti]. The molecular formula is C18H42Cl2NOTi-. The van der Waals surface area contributed by atoms with Crippen LogP contribution in [0.1, 0.15) is 97.8 Å². The molecule has 2 nitrogen and oxygen atoms in total. The minimum atomic E-state index is 0. The topological polar surface area (TPSA) is 34.3 Å². The van der Waals surface area contributed by atoms with E-state index in [0.717, 1.165) is 13.1 Å². The first-order chi connectivity index (χ1) is 9.83. The average molecular weight is 407 g/mol. The van der Waals surface area contributed by atoms with E-state index in [4.69, 9.17) is 5.11 Å². The minimum Gasteiger partial charge on any atom is -0.662 e. The van der Waals surface area contributed by atoms with Crippen molar-refractivity contribution in [3.8, 4) is 0 Å². The van der Waals surface area contributed by atoms with E-state index in [1.807, 2.05) is 0 Å². The minimum absolute atomic E-state index is 0. The largest absolute Gasteiger partial charge is 0.662 e. The summed E-state index contributed by atoms with van der Waals surface area (Å²) in [6.45, 7) is 8.70. The molecule has 0 radical (unpaired) electrons. The first-order valence-corrected chi connectivity index (χ1v) is 9.07. The monoisotopic (exact) mass is 406 g/mol. The van der Waals surface area contributed by atoms with E-state index in [0.29, 0.717) is 0 Å². The third-order valence-corrected chi connectivity index (χ3v) is 3.34. The van der Waals surface area contributed by atoms with E-state index in [9.17, 15) is 0 Å². The van der Waals surface area contributed by atoms with Crippen molar-refractivity contribution in [2.75, 3.05) is 19.7 Å². The molecule has 144 valence electrons. The first kappa shape index (κ1) is 35.3. The van der Waals surface area contributed by atoms with Crippen molar-refractivity contribution in [2.24, 2.45) is 0 Å². The molecule has 0 atom stereocenters. The van der Waals surface area contributed by atoms with Gasteiger partial charge in [-0.3, -0.25) is 0 Å². The Kier molecular flexibility index (Phi) is 59.4. The van der Waals surface area contributed by atoms with Crippen LogP contribution in [0.2, 0.25) is 0 Å². The van der Waals surface area contributed by atoms with Crippen molar-refractivity contribution in [1.82, 2.24) is 0 Å². The Hall–Kier alpha value is 1.21. The summed E-state index contributed by atoms with van der Waals surface area (Å²) < 4.78 is 0. The molecule has 1 N–H and O–H groups in total. The molecule has 0 aromatic heterocycles. The fourth-order valence-corrected chi connectivity index (χ4v) is 2.12. The predicted molar refractivity (Wildman–Crippen MR) is 107 cm³/mol. The molecule has 0 saturated carbocycles. The molecular weight excluding hydrogens is 365 g/mol. The zero-order chi connectivity index (χ0) is 15.3.